The minimum Gasteiger partial charge on any atom is -0.489 e. The number of aliphatic hydroxyl groups is 2. The van der Waals surface area contributed by atoms with E-state index < -0.39 is 35.2 Å². The maximum absolute atomic E-state index is 14.0. The molecule has 3 aromatic rings. The zero-order valence-corrected chi connectivity index (χ0v) is 29.8. The van der Waals surface area contributed by atoms with Gasteiger partial charge in [0.2, 0.25) is 5.91 Å². The van der Waals surface area contributed by atoms with E-state index in [2.05, 4.69) is 60.6 Å². The first-order valence-electron chi connectivity index (χ1n) is 17.6. The molecule has 0 spiro atoms. The van der Waals surface area contributed by atoms with Crippen LogP contribution in [0.15, 0.2) is 72.8 Å². The Labute approximate surface area is 282 Å². The molecular formula is C41H57NO5. The van der Waals surface area contributed by atoms with Gasteiger partial charge in [0.15, 0.2) is 0 Å². The number of benzene rings is 3. The Hall–Kier alpha value is -3.35. The molecule has 3 aromatic carbocycles. The third kappa shape index (κ3) is 6.82. The van der Waals surface area contributed by atoms with Crippen molar-refractivity contribution in [3.63, 3.8) is 0 Å². The van der Waals surface area contributed by atoms with Crippen LogP contribution in [0.25, 0.3) is 0 Å². The first-order valence-corrected chi connectivity index (χ1v) is 17.6. The molecule has 0 aliphatic heterocycles. The van der Waals surface area contributed by atoms with Crippen LogP contribution in [0.4, 0.5) is 0 Å². The van der Waals surface area contributed by atoms with E-state index in [9.17, 15) is 15.0 Å². The predicted octanol–water partition coefficient (Wildman–Crippen LogP) is 8.65. The average Bonchev–Trinajstić information content (AvgIpc) is 3.06. The van der Waals surface area contributed by atoms with Gasteiger partial charge in [0.05, 0.1) is 6.10 Å². The molecule has 5 atom stereocenters. The number of para-hydroxylation sites is 2. The number of carbonyl (C=O) groups is 1. The van der Waals surface area contributed by atoms with Gasteiger partial charge in [-0.3, -0.25) is 4.79 Å². The van der Waals surface area contributed by atoms with Crippen molar-refractivity contribution in [1.29, 1.82) is 0 Å². The fourth-order valence-electron chi connectivity index (χ4n) is 7.29. The SMILES string of the molecule is CCCC(Oc1ccccc1C(C)(C)CC)C1(O)CC(C(N)=O)(C(CCC)Oc2ccccc2C(C)(C)CC)C(O)c2ccccc21. The van der Waals surface area contributed by atoms with Crippen LogP contribution >= 0.6 is 0 Å². The van der Waals surface area contributed by atoms with Gasteiger partial charge >= 0.3 is 0 Å². The molecule has 256 valence electrons. The number of fused-ring (bicyclic) bond motifs is 1. The maximum atomic E-state index is 14.0. The molecule has 0 fully saturated rings. The summed E-state index contributed by atoms with van der Waals surface area (Å²) in [7, 11) is 0. The number of nitrogens with two attached hydrogens (primary N) is 1. The van der Waals surface area contributed by atoms with Gasteiger partial charge in [-0.2, -0.15) is 0 Å². The predicted molar refractivity (Wildman–Crippen MR) is 190 cm³/mol. The Balaban J connectivity index is 1.92. The minimum atomic E-state index is -1.66. The van der Waals surface area contributed by atoms with Gasteiger partial charge in [0.1, 0.15) is 34.7 Å². The lowest BCUT2D eigenvalue weighted by Crippen LogP contribution is -2.61. The molecule has 0 saturated heterocycles. The number of rotatable bonds is 15. The fraction of sp³-hybridized carbons (Fsp3) is 0.537. The molecule has 0 bridgehead atoms. The van der Waals surface area contributed by atoms with Crippen LogP contribution in [0.3, 0.4) is 0 Å². The third-order valence-corrected chi connectivity index (χ3v) is 11.0. The topological polar surface area (TPSA) is 102 Å². The van der Waals surface area contributed by atoms with Crippen LogP contribution in [0.5, 0.6) is 11.5 Å². The summed E-state index contributed by atoms with van der Waals surface area (Å²) < 4.78 is 13.8. The number of hydrogen-bond acceptors (Lipinski definition) is 5. The number of aliphatic hydroxyl groups excluding tert-OH is 1. The summed E-state index contributed by atoms with van der Waals surface area (Å²) in [6, 6.07) is 23.2. The van der Waals surface area contributed by atoms with Gasteiger partial charge in [-0.25, -0.2) is 0 Å². The van der Waals surface area contributed by atoms with Crippen molar-refractivity contribution in [3.8, 4) is 11.5 Å². The van der Waals surface area contributed by atoms with Crippen LogP contribution in [-0.4, -0.2) is 28.3 Å². The molecule has 47 heavy (non-hydrogen) atoms. The lowest BCUT2D eigenvalue weighted by molar-refractivity contribution is -0.179. The van der Waals surface area contributed by atoms with Crippen LogP contribution < -0.4 is 15.2 Å². The Morgan fingerprint density at radius 3 is 1.72 bits per heavy atom. The van der Waals surface area contributed by atoms with Gasteiger partial charge in [0.25, 0.3) is 0 Å². The van der Waals surface area contributed by atoms with Gasteiger partial charge < -0.3 is 25.4 Å². The van der Waals surface area contributed by atoms with E-state index in [0.29, 0.717) is 41.9 Å². The highest BCUT2D eigenvalue weighted by molar-refractivity contribution is 5.83. The summed E-state index contributed by atoms with van der Waals surface area (Å²) in [5, 5.41) is 25.4. The molecule has 5 unspecified atom stereocenters. The van der Waals surface area contributed by atoms with Crippen LogP contribution in [0.1, 0.15) is 129 Å². The van der Waals surface area contributed by atoms with E-state index in [-0.39, 0.29) is 17.3 Å². The van der Waals surface area contributed by atoms with E-state index in [1.807, 2.05) is 61.5 Å². The third-order valence-electron chi connectivity index (χ3n) is 11.0. The molecule has 6 heteroatoms. The van der Waals surface area contributed by atoms with Crippen LogP contribution in [0.2, 0.25) is 0 Å². The largest absolute Gasteiger partial charge is 0.489 e. The second kappa shape index (κ2) is 14.4. The molecule has 0 heterocycles. The van der Waals surface area contributed by atoms with E-state index in [1.54, 1.807) is 6.07 Å². The molecule has 6 nitrogen and oxygen atoms in total. The minimum absolute atomic E-state index is 0.151. The Kier molecular flexibility index (Phi) is 11.2. The second-order valence-electron chi connectivity index (χ2n) is 14.8. The Morgan fingerprint density at radius 1 is 0.787 bits per heavy atom. The van der Waals surface area contributed by atoms with Crippen molar-refractivity contribution >= 4 is 5.91 Å². The Bertz CT molecular complexity index is 1510. The molecule has 0 aromatic heterocycles. The highest BCUT2D eigenvalue weighted by Crippen LogP contribution is 2.56. The average molecular weight is 644 g/mol. The van der Waals surface area contributed by atoms with Crippen molar-refractivity contribution in [2.45, 2.75) is 135 Å². The first kappa shape index (κ1) is 36.5. The van der Waals surface area contributed by atoms with Crippen LogP contribution in [-0.2, 0) is 21.2 Å². The molecule has 1 amide bonds. The van der Waals surface area contributed by atoms with E-state index in [0.717, 1.165) is 30.4 Å². The standard InChI is InChI=1S/C41H57NO5/c1-9-19-34(46-32-25-17-15-23-30(32)38(5,6)11-3)40(37(42)44)27-41(45,29-22-14-13-21-28(29)36(40)43)35(20-10-2)47-33-26-18-16-24-31(33)39(7,8)12-4/h13-18,21-26,34-36,43,45H,9-12,19-20,27H2,1-8H3,(H2,42,44). The zero-order chi connectivity index (χ0) is 34.6. The normalized spacial score (nSPS) is 22.6. The quantitative estimate of drug-likeness (QED) is 0.154. The van der Waals surface area contributed by atoms with Crippen molar-refractivity contribution in [3.05, 3.63) is 95.1 Å². The summed E-state index contributed by atoms with van der Waals surface area (Å²) in [5.41, 5.74) is 5.83. The zero-order valence-electron chi connectivity index (χ0n) is 29.8. The lowest BCUT2D eigenvalue weighted by atomic mass is 9.58. The number of hydrogen-bond donors (Lipinski definition) is 3. The van der Waals surface area contributed by atoms with Crippen molar-refractivity contribution in [1.82, 2.24) is 0 Å². The summed E-state index contributed by atoms with van der Waals surface area (Å²) >= 11 is 0. The highest BCUT2D eigenvalue weighted by atomic mass is 16.5. The molecule has 4 rings (SSSR count). The smallest absolute Gasteiger partial charge is 0.230 e. The number of primary amides is 1. The molecule has 1 aliphatic rings. The van der Waals surface area contributed by atoms with Gasteiger partial charge in [-0.15, -0.1) is 0 Å². The van der Waals surface area contributed by atoms with Gasteiger partial charge in [0, 0.05) is 6.42 Å². The molecule has 0 radical (unpaired) electrons. The van der Waals surface area contributed by atoms with Crippen LogP contribution in [0, 0.1) is 5.41 Å². The second-order valence-corrected chi connectivity index (χ2v) is 14.8. The summed E-state index contributed by atoms with van der Waals surface area (Å²) in [4.78, 5) is 14.0. The number of amides is 1. The lowest BCUT2D eigenvalue weighted by Gasteiger charge is -2.52. The molecule has 1 aliphatic carbocycles. The van der Waals surface area contributed by atoms with Gasteiger partial charge in [-0.1, -0.05) is 129 Å². The molecular weight excluding hydrogens is 586 g/mol. The number of ether oxygens (including phenoxy) is 2. The van der Waals surface area contributed by atoms with Gasteiger partial charge in [-0.05, 0) is 70.9 Å². The highest BCUT2D eigenvalue weighted by Gasteiger charge is 2.62. The van der Waals surface area contributed by atoms with E-state index in [1.165, 1.54) is 0 Å². The maximum Gasteiger partial charge on any atom is 0.230 e. The monoisotopic (exact) mass is 643 g/mol. The summed E-state index contributed by atoms with van der Waals surface area (Å²) in [6.07, 6.45) is 1.17. The molecule has 4 N–H and O–H groups in total. The molecule has 0 saturated carbocycles. The van der Waals surface area contributed by atoms with E-state index >= 15 is 0 Å². The first-order chi connectivity index (χ1) is 22.2. The van der Waals surface area contributed by atoms with Crippen molar-refractivity contribution in [2.24, 2.45) is 11.1 Å². The van der Waals surface area contributed by atoms with Crippen molar-refractivity contribution < 1.29 is 24.5 Å². The summed E-state index contributed by atoms with van der Waals surface area (Å²) in [6.45, 7) is 17.1. The van der Waals surface area contributed by atoms with E-state index in [4.69, 9.17) is 15.2 Å². The fourth-order valence-corrected chi connectivity index (χ4v) is 7.29. The summed E-state index contributed by atoms with van der Waals surface area (Å²) in [5.74, 6) is 0.660. The number of carbonyl (C=O) groups excluding carboxylic acids is 1. The Morgan fingerprint density at radius 2 is 1.23 bits per heavy atom. The van der Waals surface area contributed by atoms with Crippen molar-refractivity contribution in [2.75, 3.05) is 0 Å².